The van der Waals surface area contributed by atoms with Crippen LogP contribution >= 0.6 is 11.3 Å². The van der Waals surface area contributed by atoms with Crippen LogP contribution in [0.15, 0.2) is 11.1 Å². The van der Waals surface area contributed by atoms with Crippen LogP contribution in [0.3, 0.4) is 0 Å². The highest BCUT2D eigenvalue weighted by atomic mass is 32.1. The number of thiophene rings is 1. The minimum atomic E-state index is 0.00470. The molecule has 0 spiro atoms. The first-order chi connectivity index (χ1) is 11.6. The Morgan fingerprint density at radius 1 is 1.42 bits per heavy atom. The molecule has 0 atom stereocenters. The summed E-state index contributed by atoms with van der Waals surface area (Å²) in [5.74, 6) is 0.0459. The summed E-state index contributed by atoms with van der Waals surface area (Å²) < 4.78 is 1.59. The fourth-order valence-electron chi connectivity index (χ4n) is 3.15. The van der Waals surface area contributed by atoms with E-state index < -0.39 is 0 Å². The van der Waals surface area contributed by atoms with Gasteiger partial charge >= 0.3 is 0 Å². The summed E-state index contributed by atoms with van der Waals surface area (Å²) in [5, 5.41) is 3.81. The van der Waals surface area contributed by atoms with Crippen LogP contribution in [-0.2, 0) is 24.2 Å². The van der Waals surface area contributed by atoms with E-state index in [9.17, 15) is 9.59 Å². The van der Waals surface area contributed by atoms with Gasteiger partial charge in [-0.1, -0.05) is 0 Å². The molecule has 2 aromatic heterocycles. The molecule has 24 heavy (non-hydrogen) atoms. The van der Waals surface area contributed by atoms with Crippen molar-refractivity contribution < 1.29 is 4.79 Å². The third-order valence-electron chi connectivity index (χ3n) is 4.63. The highest BCUT2D eigenvalue weighted by Gasteiger charge is 2.20. The summed E-state index contributed by atoms with van der Waals surface area (Å²) in [6.07, 6.45) is 6.28. The van der Waals surface area contributed by atoms with Gasteiger partial charge in [0.1, 0.15) is 4.83 Å². The van der Waals surface area contributed by atoms with E-state index in [1.54, 1.807) is 34.2 Å². The lowest BCUT2D eigenvalue weighted by molar-refractivity contribution is -0.130. The molecule has 1 amide bonds. The Hall–Kier alpha value is -1.73. The summed E-state index contributed by atoms with van der Waals surface area (Å²) in [6, 6.07) is 0. The molecule has 0 saturated carbocycles. The van der Waals surface area contributed by atoms with Gasteiger partial charge < -0.3 is 10.2 Å². The largest absolute Gasteiger partial charge is 0.344 e. The Bertz CT molecular complexity index is 796. The van der Waals surface area contributed by atoms with E-state index in [1.807, 2.05) is 7.05 Å². The molecule has 1 aliphatic rings. The molecule has 2 aromatic rings. The van der Waals surface area contributed by atoms with E-state index in [0.29, 0.717) is 19.5 Å². The van der Waals surface area contributed by atoms with Crippen LogP contribution in [-0.4, -0.2) is 47.5 Å². The van der Waals surface area contributed by atoms with Gasteiger partial charge in [0.05, 0.1) is 11.7 Å². The second-order valence-electron chi connectivity index (χ2n) is 6.30. The topological polar surface area (TPSA) is 67.2 Å². The van der Waals surface area contributed by atoms with Crippen molar-refractivity contribution in [2.75, 3.05) is 27.2 Å². The smallest absolute Gasteiger partial charge is 0.262 e. The molecule has 0 radical (unpaired) electrons. The molecule has 6 nitrogen and oxygen atoms in total. The fourth-order valence-corrected chi connectivity index (χ4v) is 4.37. The first-order valence-corrected chi connectivity index (χ1v) is 9.31. The zero-order chi connectivity index (χ0) is 17.1. The molecular weight excluding hydrogens is 324 g/mol. The van der Waals surface area contributed by atoms with Crippen LogP contribution in [0.5, 0.6) is 0 Å². The third kappa shape index (κ3) is 3.37. The number of fused-ring (bicyclic) bond motifs is 3. The lowest BCUT2D eigenvalue weighted by Crippen LogP contribution is -2.34. The average molecular weight is 348 g/mol. The molecule has 3 rings (SSSR count). The predicted molar refractivity (Wildman–Crippen MR) is 96.7 cm³/mol. The zero-order valence-electron chi connectivity index (χ0n) is 14.3. The summed E-state index contributed by atoms with van der Waals surface area (Å²) in [5.41, 5.74) is 1.20. The quantitative estimate of drug-likeness (QED) is 0.857. The van der Waals surface area contributed by atoms with Gasteiger partial charge in [0.25, 0.3) is 5.56 Å². The van der Waals surface area contributed by atoms with Gasteiger partial charge in [0.2, 0.25) is 5.91 Å². The maximum absolute atomic E-state index is 12.8. The number of carbonyl (C=O) groups is 1. The number of hydrogen-bond acceptors (Lipinski definition) is 5. The number of amides is 1. The van der Waals surface area contributed by atoms with Crippen LogP contribution in [0.1, 0.15) is 29.7 Å². The van der Waals surface area contributed by atoms with Gasteiger partial charge in [-0.25, -0.2) is 4.98 Å². The van der Waals surface area contributed by atoms with E-state index in [-0.39, 0.29) is 11.5 Å². The molecule has 1 aliphatic carbocycles. The molecule has 0 bridgehead atoms. The van der Waals surface area contributed by atoms with Crippen LogP contribution in [0.4, 0.5) is 0 Å². The number of carbonyl (C=O) groups excluding carboxylic acids is 1. The molecular formula is C17H24N4O2S. The Kier molecular flexibility index (Phi) is 5.30. The third-order valence-corrected chi connectivity index (χ3v) is 5.83. The van der Waals surface area contributed by atoms with Crippen molar-refractivity contribution in [1.29, 1.82) is 0 Å². The van der Waals surface area contributed by atoms with Crippen LogP contribution < -0.4 is 10.9 Å². The van der Waals surface area contributed by atoms with Gasteiger partial charge in [0.15, 0.2) is 0 Å². The first-order valence-electron chi connectivity index (χ1n) is 8.50. The van der Waals surface area contributed by atoms with Crippen molar-refractivity contribution in [1.82, 2.24) is 19.8 Å². The first kappa shape index (κ1) is 17.1. The van der Waals surface area contributed by atoms with E-state index in [4.69, 9.17) is 0 Å². The minimum Gasteiger partial charge on any atom is -0.344 e. The van der Waals surface area contributed by atoms with Gasteiger partial charge in [-0.3, -0.25) is 14.2 Å². The van der Waals surface area contributed by atoms with Gasteiger partial charge in [0, 0.05) is 38.0 Å². The molecule has 0 aliphatic heterocycles. The lowest BCUT2D eigenvalue weighted by Gasteiger charge is -2.17. The lowest BCUT2D eigenvalue weighted by atomic mass is 9.97. The van der Waals surface area contributed by atoms with Crippen LogP contribution in [0.2, 0.25) is 0 Å². The maximum atomic E-state index is 12.8. The molecule has 1 N–H and O–H groups in total. The number of likely N-dealkylation sites (N-methyl/N-ethyl adjacent to an activating group) is 2. The van der Waals surface area contributed by atoms with Crippen molar-refractivity contribution in [3.05, 3.63) is 27.1 Å². The van der Waals surface area contributed by atoms with E-state index in [1.165, 1.54) is 16.9 Å². The molecule has 130 valence electrons. The van der Waals surface area contributed by atoms with E-state index in [0.717, 1.165) is 36.0 Å². The van der Waals surface area contributed by atoms with Gasteiger partial charge in [-0.2, -0.15) is 0 Å². The Morgan fingerprint density at radius 2 is 2.21 bits per heavy atom. The second kappa shape index (κ2) is 7.44. The molecule has 0 fully saturated rings. The minimum absolute atomic E-state index is 0.00470. The van der Waals surface area contributed by atoms with Gasteiger partial charge in [-0.05, 0) is 38.3 Å². The molecule has 0 unspecified atom stereocenters. The van der Waals surface area contributed by atoms with E-state index >= 15 is 0 Å². The Labute approximate surface area is 145 Å². The average Bonchev–Trinajstić information content (AvgIpc) is 2.98. The maximum Gasteiger partial charge on any atom is 0.262 e. The summed E-state index contributed by atoms with van der Waals surface area (Å²) in [7, 11) is 3.65. The number of nitrogens with one attached hydrogen (secondary N) is 1. The monoisotopic (exact) mass is 348 g/mol. The SMILES string of the molecule is CNCCN(C)C(=O)CCn1cnc2sc3c(c2c1=O)CCCC3. The summed E-state index contributed by atoms with van der Waals surface area (Å²) in [6.45, 7) is 1.81. The molecule has 0 saturated heterocycles. The van der Waals surface area contributed by atoms with Gasteiger partial charge in [-0.15, -0.1) is 11.3 Å². The second-order valence-corrected chi connectivity index (χ2v) is 7.39. The van der Waals surface area contributed by atoms with Crippen molar-refractivity contribution >= 4 is 27.5 Å². The Balaban J connectivity index is 1.77. The summed E-state index contributed by atoms with van der Waals surface area (Å²) >= 11 is 1.65. The van der Waals surface area contributed by atoms with E-state index in [2.05, 4.69) is 10.3 Å². The predicted octanol–water partition coefficient (Wildman–Crippen LogP) is 1.40. The Morgan fingerprint density at radius 3 is 3.00 bits per heavy atom. The molecule has 7 heteroatoms. The number of hydrogen-bond donors (Lipinski definition) is 1. The number of aromatic nitrogens is 2. The fraction of sp³-hybridized carbons (Fsp3) is 0.588. The van der Waals surface area contributed by atoms with Crippen molar-refractivity contribution in [2.45, 2.75) is 38.6 Å². The van der Waals surface area contributed by atoms with Crippen LogP contribution in [0, 0.1) is 0 Å². The standard InChI is InChI=1S/C17H24N4O2S/c1-18-8-10-20(2)14(22)7-9-21-11-19-16-15(17(21)23)12-5-3-4-6-13(12)24-16/h11,18H,3-10H2,1-2H3. The molecule has 0 aromatic carbocycles. The highest BCUT2D eigenvalue weighted by molar-refractivity contribution is 7.18. The van der Waals surface area contributed by atoms with Crippen molar-refractivity contribution in [3.8, 4) is 0 Å². The van der Waals surface area contributed by atoms with Crippen LogP contribution in [0.25, 0.3) is 10.2 Å². The highest BCUT2D eigenvalue weighted by Crippen LogP contribution is 2.33. The number of nitrogens with zero attached hydrogens (tertiary/aromatic N) is 3. The molecule has 2 heterocycles. The zero-order valence-corrected chi connectivity index (χ0v) is 15.1. The number of rotatable bonds is 6. The summed E-state index contributed by atoms with van der Waals surface area (Å²) in [4.78, 5) is 33.3. The normalized spacial score (nSPS) is 13.9. The van der Waals surface area contributed by atoms with Crippen molar-refractivity contribution in [3.63, 3.8) is 0 Å². The van der Waals surface area contributed by atoms with Crippen molar-refractivity contribution in [2.24, 2.45) is 0 Å². The number of aryl methyl sites for hydroxylation is 3.